The Kier molecular flexibility index (Phi) is 7.98. The van der Waals surface area contributed by atoms with E-state index in [1.807, 2.05) is 0 Å². The maximum absolute atomic E-state index is 2.36. The Labute approximate surface area is 199 Å². The third-order valence-electron chi connectivity index (χ3n) is 6.26. The van der Waals surface area contributed by atoms with Crippen molar-refractivity contribution in [2.24, 2.45) is 0 Å². The molecule has 33 heavy (non-hydrogen) atoms. The minimum absolute atomic E-state index is 1.15. The highest BCUT2D eigenvalue weighted by atomic mass is 15.1. The van der Waals surface area contributed by atoms with Crippen molar-refractivity contribution in [3.8, 4) is 11.1 Å². The molecule has 0 unspecified atom stereocenters. The predicted molar refractivity (Wildman–Crippen MR) is 144 cm³/mol. The van der Waals surface area contributed by atoms with E-state index in [4.69, 9.17) is 0 Å². The summed E-state index contributed by atoms with van der Waals surface area (Å²) < 4.78 is 0. The van der Waals surface area contributed by atoms with Gasteiger partial charge in [-0.25, -0.2) is 0 Å². The van der Waals surface area contributed by atoms with Crippen LogP contribution in [0.5, 0.6) is 0 Å². The number of anilines is 3. The molecule has 0 amide bonds. The second kappa shape index (κ2) is 11.5. The van der Waals surface area contributed by atoms with Crippen LogP contribution in [-0.4, -0.2) is 0 Å². The Bertz CT molecular complexity index is 1040. The lowest BCUT2D eigenvalue weighted by atomic mass is 10.0. The molecule has 4 aromatic carbocycles. The fourth-order valence-electron chi connectivity index (χ4n) is 4.27. The minimum atomic E-state index is 1.15. The van der Waals surface area contributed by atoms with Crippen molar-refractivity contribution in [1.82, 2.24) is 0 Å². The molecule has 1 heteroatoms. The molecule has 0 spiro atoms. The molecule has 0 saturated carbocycles. The van der Waals surface area contributed by atoms with Gasteiger partial charge in [-0.3, -0.25) is 0 Å². The predicted octanol–water partition coefficient (Wildman–Crippen LogP) is 9.51. The van der Waals surface area contributed by atoms with Gasteiger partial charge in [0.15, 0.2) is 0 Å². The van der Waals surface area contributed by atoms with Gasteiger partial charge in [0.1, 0.15) is 0 Å². The van der Waals surface area contributed by atoms with Crippen LogP contribution in [0, 0.1) is 0 Å². The Morgan fingerprint density at radius 1 is 0.455 bits per heavy atom. The molecule has 0 heterocycles. The van der Waals surface area contributed by atoms with Crippen molar-refractivity contribution < 1.29 is 0 Å². The SMILES string of the molecule is CCCCc1ccc(N(c2ccc(CCCC)cc2)c2ccc(-c3ccccc3)cc2)cc1. The molecule has 0 aliphatic rings. The normalized spacial score (nSPS) is 10.8. The molecule has 0 radical (unpaired) electrons. The van der Waals surface area contributed by atoms with Crippen LogP contribution in [0.15, 0.2) is 103 Å². The van der Waals surface area contributed by atoms with E-state index in [0.29, 0.717) is 0 Å². The number of rotatable bonds is 10. The Balaban J connectivity index is 1.66. The molecular weight excluding hydrogens is 398 g/mol. The van der Waals surface area contributed by atoms with Gasteiger partial charge in [-0.05, 0) is 84.3 Å². The molecule has 168 valence electrons. The van der Waals surface area contributed by atoms with Crippen LogP contribution in [0.2, 0.25) is 0 Å². The van der Waals surface area contributed by atoms with E-state index in [9.17, 15) is 0 Å². The largest absolute Gasteiger partial charge is 0.311 e. The van der Waals surface area contributed by atoms with Gasteiger partial charge in [-0.15, -0.1) is 0 Å². The molecule has 0 fully saturated rings. The number of unbranched alkanes of at least 4 members (excludes halogenated alkanes) is 2. The van der Waals surface area contributed by atoms with E-state index in [-0.39, 0.29) is 0 Å². The van der Waals surface area contributed by atoms with Gasteiger partial charge < -0.3 is 4.90 Å². The molecule has 1 nitrogen and oxygen atoms in total. The fourth-order valence-corrected chi connectivity index (χ4v) is 4.27. The van der Waals surface area contributed by atoms with Crippen LogP contribution in [0.4, 0.5) is 17.1 Å². The summed E-state index contributed by atoms with van der Waals surface area (Å²) in [7, 11) is 0. The first kappa shape index (κ1) is 22.9. The zero-order valence-electron chi connectivity index (χ0n) is 20.0. The smallest absolute Gasteiger partial charge is 0.0462 e. The van der Waals surface area contributed by atoms with E-state index >= 15 is 0 Å². The quantitative estimate of drug-likeness (QED) is 0.241. The number of hydrogen-bond acceptors (Lipinski definition) is 1. The number of hydrogen-bond donors (Lipinski definition) is 0. The lowest BCUT2D eigenvalue weighted by molar-refractivity contribution is 0.795. The topological polar surface area (TPSA) is 3.24 Å². The molecule has 4 rings (SSSR count). The van der Waals surface area contributed by atoms with E-state index in [0.717, 1.165) is 12.8 Å². The maximum Gasteiger partial charge on any atom is 0.0462 e. The van der Waals surface area contributed by atoms with Crippen molar-refractivity contribution in [3.63, 3.8) is 0 Å². The van der Waals surface area contributed by atoms with Gasteiger partial charge in [0.2, 0.25) is 0 Å². The van der Waals surface area contributed by atoms with Crippen molar-refractivity contribution in [2.45, 2.75) is 52.4 Å². The lowest BCUT2D eigenvalue weighted by Gasteiger charge is -2.26. The van der Waals surface area contributed by atoms with Crippen LogP contribution >= 0.6 is 0 Å². The molecular formula is C32H35N. The summed E-state index contributed by atoms with van der Waals surface area (Å²) in [6, 6.07) is 37.7. The van der Waals surface area contributed by atoms with Gasteiger partial charge in [0.25, 0.3) is 0 Å². The van der Waals surface area contributed by atoms with Crippen LogP contribution in [0.25, 0.3) is 11.1 Å². The summed E-state index contributed by atoms with van der Waals surface area (Å²) >= 11 is 0. The van der Waals surface area contributed by atoms with E-state index in [2.05, 4.69) is 122 Å². The third kappa shape index (κ3) is 5.93. The molecule has 0 saturated heterocycles. The first-order chi connectivity index (χ1) is 16.3. The van der Waals surface area contributed by atoms with Crippen molar-refractivity contribution in [2.75, 3.05) is 4.90 Å². The lowest BCUT2D eigenvalue weighted by Crippen LogP contribution is -2.10. The van der Waals surface area contributed by atoms with Crippen LogP contribution in [0.3, 0.4) is 0 Å². The molecule has 0 aromatic heterocycles. The standard InChI is InChI=1S/C32H35N/c1-3-5-10-26-14-20-30(21-15-26)33(31-22-16-27(17-23-31)11-6-4-2)32-24-18-29(19-25-32)28-12-8-7-9-13-28/h7-9,12-25H,3-6,10-11H2,1-2H3. The molecule has 0 aliphatic heterocycles. The second-order valence-electron chi connectivity index (χ2n) is 8.79. The third-order valence-corrected chi connectivity index (χ3v) is 6.26. The Morgan fingerprint density at radius 2 is 0.848 bits per heavy atom. The van der Waals surface area contributed by atoms with Crippen molar-refractivity contribution in [1.29, 1.82) is 0 Å². The van der Waals surface area contributed by atoms with Gasteiger partial charge in [-0.1, -0.05) is 93.4 Å². The zero-order valence-corrected chi connectivity index (χ0v) is 20.0. The molecule has 0 aliphatic carbocycles. The summed E-state index contributed by atoms with van der Waals surface area (Å²) in [5.41, 5.74) is 8.88. The van der Waals surface area contributed by atoms with Crippen LogP contribution in [0.1, 0.15) is 50.7 Å². The van der Waals surface area contributed by atoms with Gasteiger partial charge >= 0.3 is 0 Å². The second-order valence-corrected chi connectivity index (χ2v) is 8.79. The first-order valence-electron chi connectivity index (χ1n) is 12.4. The zero-order chi connectivity index (χ0) is 22.9. The molecule has 0 atom stereocenters. The van der Waals surface area contributed by atoms with Crippen molar-refractivity contribution >= 4 is 17.1 Å². The van der Waals surface area contributed by atoms with E-state index in [1.54, 1.807) is 0 Å². The molecule has 0 N–H and O–H groups in total. The summed E-state index contributed by atoms with van der Waals surface area (Å²) in [4.78, 5) is 2.36. The summed E-state index contributed by atoms with van der Waals surface area (Å²) in [6.07, 6.45) is 7.23. The van der Waals surface area contributed by atoms with Gasteiger partial charge in [-0.2, -0.15) is 0 Å². The fraction of sp³-hybridized carbons (Fsp3) is 0.250. The highest BCUT2D eigenvalue weighted by Crippen LogP contribution is 2.36. The number of benzene rings is 4. The van der Waals surface area contributed by atoms with Crippen LogP contribution < -0.4 is 4.90 Å². The van der Waals surface area contributed by atoms with Gasteiger partial charge in [0.05, 0.1) is 0 Å². The highest BCUT2D eigenvalue weighted by Gasteiger charge is 2.13. The summed E-state index contributed by atoms with van der Waals surface area (Å²) in [5, 5.41) is 0. The summed E-state index contributed by atoms with van der Waals surface area (Å²) in [6.45, 7) is 4.50. The highest BCUT2D eigenvalue weighted by molar-refractivity contribution is 5.78. The minimum Gasteiger partial charge on any atom is -0.311 e. The summed E-state index contributed by atoms with van der Waals surface area (Å²) in [5.74, 6) is 0. The Hall–Kier alpha value is -3.32. The monoisotopic (exact) mass is 433 g/mol. The maximum atomic E-state index is 2.36. The first-order valence-corrected chi connectivity index (χ1v) is 12.4. The number of aryl methyl sites for hydroxylation is 2. The number of nitrogens with zero attached hydrogens (tertiary/aromatic N) is 1. The molecule has 4 aromatic rings. The van der Waals surface area contributed by atoms with E-state index in [1.165, 1.54) is 65.0 Å². The Morgan fingerprint density at radius 3 is 1.27 bits per heavy atom. The van der Waals surface area contributed by atoms with Crippen LogP contribution in [-0.2, 0) is 12.8 Å². The van der Waals surface area contributed by atoms with E-state index < -0.39 is 0 Å². The van der Waals surface area contributed by atoms with Crippen molar-refractivity contribution in [3.05, 3.63) is 114 Å². The molecule has 0 bridgehead atoms. The average molecular weight is 434 g/mol. The van der Waals surface area contributed by atoms with Gasteiger partial charge in [0, 0.05) is 17.1 Å². The average Bonchev–Trinajstić information content (AvgIpc) is 2.89.